The van der Waals surface area contributed by atoms with Crippen molar-refractivity contribution in [2.45, 2.75) is 4.83 Å². The van der Waals surface area contributed by atoms with Crippen LogP contribution in [0.4, 0.5) is 14.5 Å². The molecule has 0 aliphatic carbocycles. The molecule has 0 aromatic heterocycles. The predicted octanol–water partition coefficient (Wildman–Crippen LogP) is 2.93. The van der Waals surface area contributed by atoms with E-state index in [1.807, 2.05) is 15.9 Å². The van der Waals surface area contributed by atoms with Gasteiger partial charge in [0.15, 0.2) is 0 Å². The van der Waals surface area contributed by atoms with E-state index in [0.717, 1.165) is 6.07 Å². The van der Waals surface area contributed by atoms with E-state index in [1.54, 1.807) is 5.92 Å². The summed E-state index contributed by atoms with van der Waals surface area (Å²) in [7, 11) is 0. The third-order valence-corrected chi connectivity index (χ3v) is 1.60. The second-order valence-corrected chi connectivity index (χ2v) is 3.55. The first kappa shape index (κ1) is 11.6. The van der Waals surface area contributed by atoms with Gasteiger partial charge in [0.25, 0.3) is 5.69 Å². The second kappa shape index (κ2) is 4.36. The van der Waals surface area contributed by atoms with Crippen molar-refractivity contribution in [1.29, 1.82) is 0 Å². The average molecular weight is 276 g/mol. The number of hydrogen-bond acceptors (Lipinski definition) is 2. The fourth-order valence-electron chi connectivity index (χ4n) is 0.840. The first-order valence-corrected chi connectivity index (χ1v) is 4.52. The molecule has 0 heterocycles. The molecule has 0 unspecified atom stereocenters. The Bertz CT molecular complexity index is 445. The Morgan fingerprint density at radius 2 is 2.13 bits per heavy atom. The summed E-state index contributed by atoms with van der Waals surface area (Å²) in [5, 5.41) is 10.4. The summed E-state index contributed by atoms with van der Waals surface area (Å²) >= 11 is 2.04. The summed E-state index contributed by atoms with van der Waals surface area (Å²) in [4.78, 5) is 6.46. The van der Waals surface area contributed by atoms with Gasteiger partial charge in [0.2, 0.25) is 0 Å². The van der Waals surface area contributed by atoms with Crippen LogP contribution in [0.5, 0.6) is 0 Å². The Balaban J connectivity index is 3.00. The summed E-state index contributed by atoms with van der Waals surface area (Å²) in [5.74, 6) is 3.74. The molecule has 3 nitrogen and oxygen atoms in total. The first-order valence-electron chi connectivity index (χ1n) is 3.73. The van der Waals surface area contributed by atoms with Gasteiger partial charge < -0.3 is 0 Å². The number of rotatable bonds is 1. The van der Waals surface area contributed by atoms with Crippen LogP contribution in [0.15, 0.2) is 24.3 Å². The molecule has 0 spiro atoms. The van der Waals surface area contributed by atoms with E-state index >= 15 is 0 Å². The highest BCUT2D eigenvalue weighted by Crippen LogP contribution is 2.20. The van der Waals surface area contributed by atoms with Gasteiger partial charge in [-0.05, 0) is 12.0 Å². The summed E-state index contributed by atoms with van der Waals surface area (Å²) in [6.45, 7) is 0. The average Bonchev–Trinajstić information content (AvgIpc) is 2.14. The van der Waals surface area contributed by atoms with Crippen molar-refractivity contribution in [3.05, 3.63) is 39.9 Å². The highest BCUT2D eigenvalue weighted by atomic mass is 79.9. The van der Waals surface area contributed by atoms with Crippen LogP contribution in [-0.2, 0) is 0 Å². The third-order valence-electron chi connectivity index (χ3n) is 1.41. The van der Waals surface area contributed by atoms with Crippen LogP contribution in [0.1, 0.15) is 5.56 Å². The fourth-order valence-corrected chi connectivity index (χ4v) is 0.939. The Morgan fingerprint density at radius 3 is 2.67 bits per heavy atom. The normalized spacial score (nSPS) is 10.3. The zero-order chi connectivity index (χ0) is 11.5. The SMILES string of the molecule is O=[N+]([O-])c1cccc(C#CC(F)(F)Br)c1. The number of hydrogen-bond donors (Lipinski definition) is 0. The van der Waals surface area contributed by atoms with Crippen LogP contribution in [0.25, 0.3) is 0 Å². The minimum absolute atomic E-state index is 0.170. The smallest absolute Gasteiger partial charge is 0.258 e. The number of nitro benzene ring substituents is 1. The number of nitrogens with zero attached hydrogens (tertiary/aromatic N) is 1. The van der Waals surface area contributed by atoms with Gasteiger partial charge in [0, 0.05) is 33.6 Å². The van der Waals surface area contributed by atoms with Gasteiger partial charge in [0.05, 0.1) is 4.92 Å². The number of benzene rings is 1. The molecule has 0 saturated heterocycles. The maximum absolute atomic E-state index is 12.3. The number of alkyl halides is 3. The van der Waals surface area contributed by atoms with Crippen LogP contribution >= 0.6 is 15.9 Å². The summed E-state index contributed by atoms with van der Waals surface area (Å²) < 4.78 is 24.6. The monoisotopic (exact) mass is 275 g/mol. The number of halogens is 3. The van der Waals surface area contributed by atoms with Gasteiger partial charge in [-0.3, -0.25) is 10.1 Å². The van der Waals surface area contributed by atoms with E-state index in [4.69, 9.17) is 0 Å². The maximum atomic E-state index is 12.3. The van der Waals surface area contributed by atoms with Crippen molar-refractivity contribution in [3.8, 4) is 11.8 Å². The molecule has 15 heavy (non-hydrogen) atoms. The number of non-ortho nitro benzene ring substituents is 1. The molecule has 0 saturated carbocycles. The lowest BCUT2D eigenvalue weighted by atomic mass is 10.2. The van der Waals surface area contributed by atoms with Crippen LogP contribution in [0.2, 0.25) is 0 Å². The van der Waals surface area contributed by atoms with Crippen LogP contribution in [0, 0.1) is 22.0 Å². The van der Waals surface area contributed by atoms with Crippen LogP contribution < -0.4 is 0 Å². The Kier molecular flexibility index (Phi) is 3.37. The molecule has 1 aromatic carbocycles. The van der Waals surface area contributed by atoms with E-state index in [1.165, 1.54) is 18.2 Å². The standard InChI is InChI=1S/C9H4BrF2NO2/c10-9(11,12)5-4-7-2-1-3-8(6-7)13(14)15/h1-3,6H. The highest BCUT2D eigenvalue weighted by Gasteiger charge is 2.18. The second-order valence-electron chi connectivity index (χ2n) is 2.56. The molecule has 0 amide bonds. The largest absolute Gasteiger partial charge is 0.363 e. The molecule has 0 atom stereocenters. The Morgan fingerprint density at radius 1 is 1.47 bits per heavy atom. The van der Waals surface area contributed by atoms with E-state index in [9.17, 15) is 18.9 Å². The molecule has 0 bridgehead atoms. The van der Waals surface area contributed by atoms with Crippen LogP contribution in [0.3, 0.4) is 0 Å². The third kappa shape index (κ3) is 4.04. The lowest BCUT2D eigenvalue weighted by molar-refractivity contribution is -0.384. The Labute approximate surface area is 92.4 Å². The lowest BCUT2D eigenvalue weighted by Crippen LogP contribution is -1.98. The maximum Gasteiger partial charge on any atom is 0.363 e. The van der Waals surface area contributed by atoms with E-state index in [0.29, 0.717) is 0 Å². The van der Waals surface area contributed by atoms with E-state index < -0.39 is 9.76 Å². The summed E-state index contributed by atoms with van der Waals surface area (Å²) in [6, 6.07) is 5.19. The molecule has 1 aromatic rings. The topological polar surface area (TPSA) is 43.1 Å². The molecule has 0 aliphatic rings. The molecule has 1 rings (SSSR count). The summed E-state index contributed by atoms with van der Waals surface area (Å²) in [6.07, 6.45) is 0. The lowest BCUT2D eigenvalue weighted by Gasteiger charge is -1.95. The minimum atomic E-state index is -3.28. The molecule has 0 fully saturated rings. The summed E-state index contributed by atoms with van der Waals surface area (Å²) in [5.41, 5.74) is -0.0111. The van der Waals surface area contributed by atoms with Crippen LogP contribution in [-0.4, -0.2) is 9.76 Å². The van der Waals surface area contributed by atoms with E-state index in [2.05, 4.69) is 5.92 Å². The zero-order valence-electron chi connectivity index (χ0n) is 7.21. The van der Waals surface area contributed by atoms with Gasteiger partial charge in [-0.25, -0.2) is 0 Å². The molecule has 78 valence electrons. The molecule has 6 heteroatoms. The molecular formula is C9H4BrF2NO2. The van der Waals surface area contributed by atoms with Crippen molar-refractivity contribution >= 4 is 21.6 Å². The van der Waals surface area contributed by atoms with Gasteiger partial charge in [-0.2, -0.15) is 8.78 Å². The van der Waals surface area contributed by atoms with Crippen molar-refractivity contribution < 1.29 is 13.7 Å². The highest BCUT2D eigenvalue weighted by molar-refractivity contribution is 9.10. The zero-order valence-corrected chi connectivity index (χ0v) is 8.79. The van der Waals surface area contributed by atoms with E-state index in [-0.39, 0.29) is 11.3 Å². The first-order chi connectivity index (χ1) is 6.88. The molecule has 0 radical (unpaired) electrons. The fraction of sp³-hybridized carbons (Fsp3) is 0.111. The van der Waals surface area contributed by atoms with Gasteiger partial charge >= 0.3 is 4.83 Å². The quantitative estimate of drug-likeness (QED) is 0.342. The van der Waals surface area contributed by atoms with Gasteiger partial charge in [-0.15, -0.1) is 0 Å². The molecule has 0 N–H and O–H groups in total. The predicted molar refractivity (Wildman–Crippen MR) is 53.8 cm³/mol. The minimum Gasteiger partial charge on any atom is -0.258 e. The molecular weight excluding hydrogens is 272 g/mol. The molecule has 0 aliphatic heterocycles. The van der Waals surface area contributed by atoms with Crippen molar-refractivity contribution in [2.24, 2.45) is 0 Å². The van der Waals surface area contributed by atoms with Gasteiger partial charge in [-0.1, -0.05) is 12.0 Å². The van der Waals surface area contributed by atoms with Crippen molar-refractivity contribution in [3.63, 3.8) is 0 Å². The van der Waals surface area contributed by atoms with Gasteiger partial charge in [0.1, 0.15) is 0 Å². The Hall–Kier alpha value is -1.48. The number of nitro groups is 1. The van der Waals surface area contributed by atoms with Crippen molar-refractivity contribution in [1.82, 2.24) is 0 Å². The van der Waals surface area contributed by atoms with Crippen molar-refractivity contribution in [2.75, 3.05) is 0 Å².